The Labute approximate surface area is 184 Å². The van der Waals surface area contributed by atoms with Gasteiger partial charge in [0, 0.05) is 28.0 Å². The number of aryl methyl sites for hydroxylation is 1. The summed E-state index contributed by atoms with van der Waals surface area (Å²) in [4.78, 5) is 19.9. The molecule has 4 rings (SSSR count). The second-order valence-corrected chi connectivity index (χ2v) is 10.3. The van der Waals surface area contributed by atoms with Crippen molar-refractivity contribution in [3.63, 3.8) is 0 Å². The Kier molecular flexibility index (Phi) is 5.72. The van der Waals surface area contributed by atoms with E-state index < -0.39 is 21.8 Å². The number of nitrogens with one attached hydrogen (secondary N) is 1. The molecule has 10 heteroatoms. The molecule has 0 amide bonds. The van der Waals surface area contributed by atoms with Crippen molar-refractivity contribution in [1.29, 1.82) is 0 Å². The number of anilines is 2. The second-order valence-electron chi connectivity index (χ2n) is 7.37. The fourth-order valence-electron chi connectivity index (χ4n) is 3.26. The van der Waals surface area contributed by atoms with Crippen molar-refractivity contribution in [1.82, 2.24) is 9.97 Å². The van der Waals surface area contributed by atoms with E-state index in [1.54, 1.807) is 24.3 Å². The maximum atomic E-state index is 12.5. The van der Waals surface area contributed by atoms with Crippen LogP contribution in [0.1, 0.15) is 18.9 Å². The van der Waals surface area contributed by atoms with Crippen LogP contribution in [-0.2, 0) is 14.5 Å². The number of fused-ring (bicyclic) bond motifs is 1. The van der Waals surface area contributed by atoms with Crippen molar-refractivity contribution < 1.29 is 18.8 Å². The zero-order valence-electron chi connectivity index (χ0n) is 17.0. The minimum Gasteiger partial charge on any atom is -0.479 e. The second kappa shape index (κ2) is 8.32. The van der Waals surface area contributed by atoms with Crippen LogP contribution in [0.25, 0.3) is 10.9 Å². The molecule has 2 N–H and O–H groups in total. The summed E-state index contributed by atoms with van der Waals surface area (Å²) < 4.78 is 22.5. The Balaban J connectivity index is 1.74. The molecule has 2 heterocycles. The third-order valence-electron chi connectivity index (χ3n) is 4.97. The molecule has 162 valence electrons. The van der Waals surface area contributed by atoms with E-state index in [1.807, 2.05) is 13.0 Å². The van der Waals surface area contributed by atoms with Crippen LogP contribution in [0.15, 0.2) is 41.0 Å². The average molecular weight is 461 g/mol. The molecular weight excluding hydrogens is 440 g/mol. The van der Waals surface area contributed by atoms with Gasteiger partial charge < -0.3 is 15.2 Å². The van der Waals surface area contributed by atoms with Gasteiger partial charge in [-0.3, -0.25) is 0 Å². The third kappa shape index (κ3) is 4.57. The van der Waals surface area contributed by atoms with Gasteiger partial charge in [-0.05, 0) is 50.1 Å². The SMILES string of the molecule is Cc1cc(N=S2(=O)CCC2)cc2ncnc(Nc3ccc(Cl)cc3O[C@H](C)C(=O)O)c12. The molecule has 1 saturated heterocycles. The third-order valence-corrected chi connectivity index (χ3v) is 7.60. The first-order chi connectivity index (χ1) is 14.7. The highest BCUT2D eigenvalue weighted by molar-refractivity contribution is 7.95. The lowest BCUT2D eigenvalue weighted by molar-refractivity contribution is -0.144. The van der Waals surface area contributed by atoms with E-state index >= 15 is 0 Å². The maximum absolute atomic E-state index is 12.5. The summed E-state index contributed by atoms with van der Waals surface area (Å²) >= 11 is 6.08. The van der Waals surface area contributed by atoms with Crippen molar-refractivity contribution >= 4 is 55.4 Å². The maximum Gasteiger partial charge on any atom is 0.344 e. The molecule has 0 saturated carbocycles. The number of carbonyl (C=O) groups is 1. The van der Waals surface area contributed by atoms with Crippen LogP contribution in [-0.4, -0.2) is 42.9 Å². The van der Waals surface area contributed by atoms with Crippen molar-refractivity contribution in [3.05, 3.63) is 47.2 Å². The highest BCUT2D eigenvalue weighted by atomic mass is 35.5. The molecule has 0 aliphatic carbocycles. The highest BCUT2D eigenvalue weighted by Crippen LogP contribution is 2.35. The molecule has 0 bridgehead atoms. The van der Waals surface area contributed by atoms with Gasteiger partial charge in [-0.2, -0.15) is 4.36 Å². The Bertz CT molecular complexity index is 1290. The fraction of sp³-hybridized carbons (Fsp3) is 0.286. The van der Waals surface area contributed by atoms with Gasteiger partial charge in [0.25, 0.3) is 0 Å². The molecule has 0 spiro atoms. The first-order valence-electron chi connectivity index (χ1n) is 9.68. The number of rotatable bonds is 6. The molecule has 8 nitrogen and oxygen atoms in total. The zero-order valence-corrected chi connectivity index (χ0v) is 18.5. The van der Waals surface area contributed by atoms with Gasteiger partial charge in [0.15, 0.2) is 6.10 Å². The Morgan fingerprint density at radius 2 is 2.06 bits per heavy atom. The largest absolute Gasteiger partial charge is 0.479 e. The molecule has 0 unspecified atom stereocenters. The summed E-state index contributed by atoms with van der Waals surface area (Å²) in [6, 6.07) is 8.58. The number of benzene rings is 2. The Morgan fingerprint density at radius 3 is 2.74 bits per heavy atom. The molecule has 1 aliphatic heterocycles. The molecule has 3 aromatic rings. The molecular formula is C21H21ClN4O4S. The molecule has 1 aliphatic rings. The number of hydrogen-bond acceptors (Lipinski definition) is 7. The summed E-state index contributed by atoms with van der Waals surface area (Å²) in [5, 5.41) is 13.6. The summed E-state index contributed by atoms with van der Waals surface area (Å²) in [5.41, 5.74) is 2.69. The smallest absolute Gasteiger partial charge is 0.344 e. The van der Waals surface area contributed by atoms with E-state index in [0.717, 1.165) is 17.4 Å². The minimum atomic E-state index is -2.13. The summed E-state index contributed by atoms with van der Waals surface area (Å²) in [7, 11) is -2.13. The minimum absolute atomic E-state index is 0.292. The topological polar surface area (TPSA) is 114 Å². The lowest BCUT2D eigenvalue weighted by Gasteiger charge is -2.18. The zero-order chi connectivity index (χ0) is 22.2. The Hall–Kier alpha value is -2.91. The normalized spacial score (nSPS) is 15.7. The lowest BCUT2D eigenvalue weighted by Crippen LogP contribution is -2.23. The van der Waals surface area contributed by atoms with Crippen LogP contribution in [0.4, 0.5) is 17.2 Å². The fourth-order valence-corrected chi connectivity index (χ4v) is 4.88. The van der Waals surface area contributed by atoms with Crippen LogP contribution in [0.2, 0.25) is 5.02 Å². The van der Waals surface area contributed by atoms with E-state index in [4.69, 9.17) is 16.3 Å². The van der Waals surface area contributed by atoms with Gasteiger partial charge in [-0.15, -0.1) is 0 Å². The number of hydrogen-bond donors (Lipinski definition) is 2. The predicted molar refractivity (Wildman–Crippen MR) is 121 cm³/mol. The van der Waals surface area contributed by atoms with Gasteiger partial charge >= 0.3 is 5.97 Å². The number of nitrogens with zero attached hydrogens (tertiary/aromatic N) is 3. The lowest BCUT2D eigenvalue weighted by atomic mass is 10.1. The molecule has 1 aromatic heterocycles. The van der Waals surface area contributed by atoms with E-state index in [9.17, 15) is 14.1 Å². The molecule has 0 radical (unpaired) electrons. The number of ether oxygens (including phenoxy) is 1. The van der Waals surface area contributed by atoms with Crippen LogP contribution in [0.3, 0.4) is 0 Å². The molecule has 2 aromatic carbocycles. The van der Waals surface area contributed by atoms with Crippen molar-refractivity contribution in [3.8, 4) is 5.75 Å². The number of aromatic nitrogens is 2. The standard InChI is InChI=1S/C21H21ClN4O4S/c1-12-8-15(26-31(29)6-3-7-31)10-17-19(12)20(24-11-23-17)25-16-5-4-14(22)9-18(16)30-13(2)21(27)28/h4-5,8-11,13H,3,6-7H2,1-2H3,(H,27,28)(H,23,24,25)/t13-/m1/s1. The number of aliphatic carboxylic acids is 1. The number of carboxylic acid groups (broad SMARTS) is 1. The van der Waals surface area contributed by atoms with Gasteiger partial charge in [-0.25, -0.2) is 19.0 Å². The highest BCUT2D eigenvalue weighted by Gasteiger charge is 2.20. The first kappa shape index (κ1) is 21.3. The molecule has 1 atom stereocenters. The van der Waals surface area contributed by atoms with E-state index in [2.05, 4.69) is 19.6 Å². The Morgan fingerprint density at radius 1 is 1.29 bits per heavy atom. The van der Waals surface area contributed by atoms with Crippen molar-refractivity contribution in [2.45, 2.75) is 26.4 Å². The van der Waals surface area contributed by atoms with Crippen molar-refractivity contribution in [2.24, 2.45) is 4.36 Å². The van der Waals surface area contributed by atoms with Crippen LogP contribution >= 0.6 is 11.6 Å². The number of carboxylic acids is 1. The van der Waals surface area contributed by atoms with Gasteiger partial charge in [0.2, 0.25) is 0 Å². The average Bonchev–Trinajstić information content (AvgIpc) is 2.68. The summed E-state index contributed by atoms with van der Waals surface area (Å²) in [6.45, 7) is 3.35. The van der Waals surface area contributed by atoms with Crippen molar-refractivity contribution in [2.75, 3.05) is 16.8 Å². The molecule has 31 heavy (non-hydrogen) atoms. The van der Waals surface area contributed by atoms with E-state index in [-0.39, 0.29) is 0 Å². The van der Waals surface area contributed by atoms with Gasteiger partial charge in [0.05, 0.1) is 26.6 Å². The molecule has 1 fully saturated rings. The summed E-state index contributed by atoms with van der Waals surface area (Å²) in [6.07, 6.45) is 1.31. The van der Waals surface area contributed by atoms with E-state index in [0.29, 0.717) is 45.0 Å². The predicted octanol–water partition coefficient (Wildman–Crippen LogP) is 4.69. The monoisotopic (exact) mass is 460 g/mol. The van der Waals surface area contributed by atoms with Crippen LogP contribution < -0.4 is 10.1 Å². The first-order valence-corrected chi connectivity index (χ1v) is 11.9. The van der Waals surface area contributed by atoms with Crippen LogP contribution in [0.5, 0.6) is 5.75 Å². The quantitative estimate of drug-likeness (QED) is 0.548. The summed E-state index contributed by atoms with van der Waals surface area (Å²) in [5.74, 6) is 0.997. The van der Waals surface area contributed by atoms with Gasteiger partial charge in [-0.1, -0.05) is 11.6 Å². The number of halogens is 1. The van der Waals surface area contributed by atoms with Gasteiger partial charge in [0.1, 0.15) is 17.9 Å². The van der Waals surface area contributed by atoms with Crippen LogP contribution in [0, 0.1) is 6.92 Å². The van der Waals surface area contributed by atoms with E-state index in [1.165, 1.54) is 13.3 Å².